The predicted molar refractivity (Wildman–Crippen MR) is 56.7 cm³/mol. The SMILES string of the molecule is CC1CO1.OCCCCCC(O)C1CO1. The van der Waals surface area contributed by atoms with Crippen LogP contribution in [0.4, 0.5) is 0 Å². The van der Waals surface area contributed by atoms with Crippen molar-refractivity contribution in [3.05, 3.63) is 0 Å². The first-order valence-electron chi connectivity index (χ1n) is 5.76. The fourth-order valence-corrected chi connectivity index (χ4v) is 1.20. The van der Waals surface area contributed by atoms with Crippen LogP contribution in [0.15, 0.2) is 0 Å². The number of unbranched alkanes of at least 4 members (excludes halogenated alkanes) is 2. The molecule has 2 rings (SSSR count). The van der Waals surface area contributed by atoms with Gasteiger partial charge in [0.25, 0.3) is 0 Å². The summed E-state index contributed by atoms with van der Waals surface area (Å²) in [7, 11) is 0. The van der Waals surface area contributed by atoms with Crippen LogP contribution < -0.4 is 0 Å². The van der Waals surface area contributed by atoms with Gasteiger partial charge in [-0.3, -0.25) is 0 Å². The zero-order valence-electron chi connectivity index (χ0n) is 9.39. The molecule has 0 aliphatic carbocycles. The van der Waals surface area contributed by atoms with Crippen molar-refractivity contribution < 1.29 is 19.7 Å². The first-order valence-corrected chi connectivity index (χ1v) is 5.76. The Bertz CT molecular complexity index is 155. The van der Waals surface area contributed by atoms with Gasteiger partial charge in [0.2, 0.25) is 0 Å². The van der Waals surface area contributed by atoms with Gasteiger partial charge in [0.05, 0.1) is 25.4 Å². The van der Waals surface area contributed by atoms with E-state index in [4.69, 9.17) is 14.6 Å². The lowest BCUT2D eigenvalue weighted by Gasteiger charge is -2.05. The molecule has 2 aliphatic rings. The third-order valence-electron chi connectivity index (χ3n) is 2.45. The molecule has 3 atom stereocenters. The number of hydrogen-bond acceptors (Lipinski definition) is 4. The Morgan fingerprint density at radius 3 is 2.20 bits per heavy atom. The highest BCUT2D eigenvalue weighted by Crippen LogP contribution is 2.18. The fraction of sp³-hybridized carbons (Fsp3) is 1.00. The summed E-state index contributed by atoms with van der Waals surface area (Å²) < 4.78 is 9.64. The number of aliphatic hydroxyl groups is 2. The van der Waals surface area contributed by atoms with Crippen LogP contribution in [0.5, 0.6) is 0 Å². The van der Waals surface area contributed by atoms with E-state index < -0.39 is 0 Å². The molecule has 2 N–H and O–H groups in total. The lowest BCUT2D eigenvalue weighted by Crippen LogP contribution is -2.13. The van der Waals surface area contributed by atoms with Gasteiger partial charge in [-0.15, -0.1) is 0 Å². The molecule has 0 radical (unpaired) electrons. The lowest BCUT2D eigenvalue weighted by atomic mass is 10.1. The molecule has 90 valence electrons. The van der Waals surface area contributed by atoms with E-state index in [1.807, 2.05) is 0 Å². The Labute approximate surface area is 91.2 Å². The number of hydrogen-bond donors (Lipinski definition) is 2. The summed E-state index contributed by atoms with van der Waals surface area (Å²) in [5.74, 6) is 0. The molecule has 0 aromatic heterocycles. The maximum Gasteiger partial charge on any atom is 0.107 e. The van der Waals surface area contributed by atoms with E-state index >= 15 is 0 Å². The van der Waals surface area contributed by atoms with E-state index in [9.17, 15) is 5.11 Å². The van der Waals surface area contributed by atoms with Crippen molar-refractivity contribution in [1.29, 1.82) is 0 Å². The van der Waals surface area contributed by atoms with Crippen molar-refractivity contribution in [2.45, 2.75) is 50.9 Å². The third-order valence-corrected chi connectivity index (χ3v) is 2.45. The van der Waals surface area contributed by atoms with Crippen LogP contribution in [-0.4, -0.2) is 48.3 Å². The van der Waals surface area contributed by atoms with E-state index in [2.05, 4.69) is 6.92 Å². The highest BCUT2D eigenvalue weighted by Gasteiger charge is 2.30. The zero-order chi connectivity index (χ0) is 11.1. The molecule has 2 fully saturated rings. The second kappa shape index (κ2) is 7.17. The molecule has 4 nitrogen and oxygen atoms in total. The average Bonchev–Trinajstić information content (AvgIpc) is 3.05. The van der Waals surface area contributed by atoms with E-state index in [0.717, 1.165) is 38.9 Å². The minimum absolute atomic E-state index is 0.115. The summed E-state index contributed by atoms with van der Waals surface area (Å²) in [6.07, 6.45) is 4.07. The van der Waals surface area contributed by atoms with Gasteiger partial charge in [0.1, 0.15) is 6.10 Å². The van der Waals surface area contributed by atoms with Crippen LogP contribution in [0.2, 0.25) is 0 Å². The van der Waals surface area contributed by atoms with Gasteiger partial charge in [-0.1, -0.05) is 12.8 Å². The largest absolute Gasteiger partial charge is 0.396 e. The smallest absolute Gasteiger partial charge is 0.107 e. The number of aliphatic hydroxyl groups excluding tert-OH is 2. The van der Waals surface area contributed by atoms with Crippen molar-refractivity contribution in [1.82, 2.24) is 0 Å². The summed E-state index contributed by atoms with van der Waals surface area (Å²) in [5, 5.41) is 17.8. The maximum absolute atomic E-state index is 9.30. The molecular formula is C11H22O4. The third kappa shape index (κ3) is 7.73. The minimum Gasteiger partial charge on any atom is -0.396 e. The van der Waals surface area contributed by atoms with Crippen LogP contribution >= 0.6 is 0 Å². The van der Waals surface area contributed by atoms with Crippen LogP contribution in [0.25, 0.3) is 0 Å². The molecule has 0 amide bonds. The molecule has 0 bridgehead atoms. The molecule has 2 heterocycles. The van der Waals surface area contributed by atoms with Gasteiger partial charge >= 0.3 is 0 Å². The van der Waals surface area contributed by atoms with E-state index in [-0.39, 0.29) is 18.8 Å². The summed E-state index contributed by atoms with van der Waals surface area (Å²) in [5.41, 5.74) is 0. The Morgan fingerprint density at radius 2 is 1.80 bits per heavy atom. The lowest BCUT2D eigenvalue weighted by molar-refractivity contribution is 0.123. The van der Waals surface area contributed by atoms with Crippen LogP contribution in [-0.2, 0) is 9.47 Å². The number of ether oxygens (including phenoxy) is 2. The summed E-state index contributed by atoms with van der Waals surface area (Å²) in [6, 6.07) is 0. The minimum atomic E-state index is -0.270. The Kier molecular flexibility index (Phi) is 6.17. The summed E-state index contributed by atoms with van der Waals surface area (Å²) in [4.78, 5) is 0. The molecule has 0 aromatic rings. The highest BCUT2D eigenvalue weighted by atomic mass is 16.6. The van der Waals surface area contributed by atoms with Crippen molar-refractivity contribution in [2.24, 2.45) is 0 Å². The topological polar surface area (TPSA) is 65.5 Å². The average molecular weight is 218 g/mol. The van der Waals surface area contributed by atoms with Gasteiger partial charge in [-0.25, -0.2) is 0 Å². The zero-order valence-corrected chi connectivity index (χ0v) is 9.39. The van der Waals surface area contributed by atoms with Gasteiger partial charge in [0, 0.05) is 6.61 Å². The Morgan fingerprint density at radius 1 is 1.20 bits per heavy atom. The number of rotatable bonds is 6. The fourth-order valence-electron chi connectivity index (χ4n) is 1.20. The van der Waals surface area contributed by atoms with Crippen LogP contribution in [0.1, 0.15) is 32.6 Å². The number of epoxide rings is 2. The second-order valence-electron chi connectivity index (χ2n) is 4.16. The van der Waals surface area contributed by atoms with Gasteiger partial charge in [-0.2, -0.15) is 0 Å². The van der Waals surface area contributed by atoms with Crippen molar-refractivity contribution in [3.8, 4) is 0 Å². The molecule has 0 aromatic carbocycles. The quantitative estimate of drug-likeness (QED) is 0.509. The van der Waals surface area contributed by atoms with Gasteiger partial charge < -0.3 is 19.7 Å². The molecule has 0 spiro atoms. The molecule has 15 heavy (non-hydrogen) atoms. The predicted octanol–water partition coefficient (Wildman–Crippen LogP) is 0.704. The Hall–Kier alpha value is -0.160. The van der Waals surface area contributed by atoms with Crippen molar-refractivity contribution in [2.75, 3.05) is 19.8 Å². The van der Waals surface area contributed by atoms with E-state index in [0.29, 0.717) is 6.10 Å². The second-order valence-corrected chi connectivity index (χ2v) is 4.16. The maximum atomic E-state index is 9.30. The standard InChI is InChI=1S/C8H16O3.C3H6O/c9-5-3-1-2-4-7(10)8-6-11-8;1-3-2-4-3/h7-10H,1-6H2;3H,2H2,1H3. The van der Waals surface area contributed by atoms with Crippen LogP contribution in [0.3, 0.4) is 0 Å². The normalized spacial score (nSPS) is 29.0. The highest BCUT2D eigenvalue weighted by molar-refractivity contribution is 4.77. The molecule has 2 saturated heterocycles. The van der Waals surface area contributed by atoms with Crippen LogP contribution in [0, 0.1) is 0 Å². The van der Waals surface area contributed by atoms with E-state index in [1.165, 1.54) is 0 Å². The van der Waals surface area contributed by atoms with Crippen molar-refractivity contribution >= 4 is 0 Å². The molecule has 2 aliphatic heterocycles. The van der Waals surface area contributed by atoms with Gasteiger partial charge in [-0.05, 0) is 19.8 Å². The molecular weight excluding hydrogens is 196 g/mol. The first-order chi connectivity index (χ1) is 7.24. The van der Waals surface area contributed by atoms with Gasteiger partial charge in [0.15, 0.2) is 0 Å². The first kappa shape index (κ1) is 12.9. The Balaban J connectivity index is 0.000000234. The summed E-state index contributed by atoms with van der Waals surface area (Å²) >= 11 is 0. The monoisotopic (exact) mass is 218 g/mol. The molecule has 3 unspecified atom stereocenters. The molecule has 0 saturated carbocycles. The van der Waals surface area contributed by atoms with E-state index in [1.54, 1.807) is 0 Å². The molecule has 4 heteroatoms. The summed E-state index contributed by atoms with van der Waals surface area (Å²) in [6.45, 7) is 4.02. The van der Waals surface area contributed by atoms with Crippen molar-refractivity contribution in [3.63, 3.8) is 0 Å².